The van der Waals surface area contributed by atoms with Crippen molar-refractivity contribution in [2.75, 3.05) is 6.61 Å². The van der Waals surface area contributed by atoms with E-state index in [2.05, 4.69) is 4.98 Å². The normalized spacial score (nSPS) is 11.4. The zero-order valence-electron chi connectivity index (χ0n) is 10.7. The maximum absolute atomic E-state index is 12.7. The number of hydrogen-bond acceptors (Lipinski definition) is 4. The molecule has 21 heavy (non-hydrogen) atoms. The molecular formula is C13H11F3N2OS2. The number of nitrogens with zero attached hydrogens (tertiary/aromatic N) is 1. The van der Waals surface area contributed by atoms with Crippen LogP contribution < -0.4 is 10.5 Å². The van der Waals surface area contributed by atoms with Crippen LogP contribution in [0.2, 0.25) is 0 Å². The molecule has 0 radical (unpaired) electrons. The van der Waals surface area contributed by atoms with Gasteiger partial charge < -0.3 is 10.5 Å². The van der Waals surface area contributed by atoms with E-state index in [0.717, 1.165) is 10.9 Å². The molecule has 0 unspecified atom stereocenters. The van der Waals surface area contributed by atoms with Gasteiger partial charge in [0, 0.05) is 11.3 Å². The highest BCUT2D eigenvalue weighted by Crippen LogP contribution is 2.30. The van der Waals surface area contributed by atoms with Crippen LogP contribution in [0.3, 0.4) is 0 Å². The summed E-state index contributed by atoms with van der Waals surface area (Å²) in [5, 5.41) is 1.91. The Bertz CT molecular complexity index is 627. The first-order valence-electron chi connectivity index (χ1n) is 5.91. The fraction of sp³-hybridized carbons (Fsp3) is 0.231. The van der Waals surface area contributed by atoms with E-state index in [4.69, 9.17) is 22.7 Å². The van der Waals surface area contributed by atoms with Gasteiger partial charge in [0.1, 0.15) is 10.7 Å². The lowest BCUT2D eigenvalue weighted by Gasteiger charge is -2.12. The lowest BCUT2D eigenvalue weighted by molar-refractivity contribution is -0.141. The summed E-state index contributed by atoms with van der Waals surface area (Å²) in [6.45, 7) is 0.199. The van der Waals surface area contributed by atoms with E-state index in [1.54, 1.807) is 11.3 Å². The molecule has 0 spiro atoms. The molecule has 2 rings (SSSR count). The van der Waals surface area contributed by atoms with E-state index >= 15 is 0 Å². The maximum atomic E-state index is 12.7. The Hall–Kier alpha value is -1.67. The molecule has 0 fully saturated rings. The number of thiophene rings is 1. The second kappa shape index (κ2) is 6.40. The monoisotopic (exact) mass is 332 g/mol. The molecule has 2 aromatic heterocycles. The molecular weight excluding hydrogens is 321 g/mol. The molecule has 2 aromatic rings. The van der Waals surface area contributed by atoms with Crippen LogP contribution >= 0.6 is 23.6 Å². The topological polar surface area (TPSA) is 48.1 Å². The number of thiocarbonyl (C=S) groups is 1. The fourth-order valence-corrected chi connectivity index (χ4v) is 2.44. The van der Waals surface area contributed by atoms with Crippen molar-refractivity contribution in [1.82, 2.24) is 4.98 Å². The number of pyridine rings is 1. The summed E-state index contributed by atoms with van der Waals surface area (Å²) < 4.78 is 43.3. The Morgan fingerprint density at radius 1 is 1.33 bits per heavy atom. The highest BCUT2D eigenvalue weighted by atomic mass is 32.1. The number of hydrogen-bond donors (Lipinski definition) is 1. The lowest BCUT2D eigenvalue weighted by Crippen LogP contribution is -2.16. The minimum atomic E-state index is -4.54. The number of aromatic nitrogens is 1. The third kappa shape index (κ3) is 4.15. The van der Waals surface area contributed by atoms with Crippen LogP contribution in [-0.4, -0.2) is 16.6 Å². The maximum Gasteiger partial charge on any atom is 0.433 e. The summed E-state index contributed by atoms with van der Waals surface area (Å²) in [6, 6.07) is 5.82. The van der Waals surface area contributed by atoms with Crippen molar-refractivity contribution in [1.29, 1.82) is 0 Å². The van der Waals surface area contributed by atoms with Gasteiger partial charge in [0.05, 0.1) is 12.2 Å². The Kier molecular flexibility index (Phi) is 4.79. The fourth-order valence-electron chi connectivity index (χ4n) is 1.60. The summed E-state index contributed by atoms with van der Waals surface area (Å²) in [5.74, 6) is -0.186. The summed E-state index contributed by atoms with van der Waals surface area (Å²) in [4.78, 5) is 4.49. The molecule has 2 N–H and O–H groups in total. The van der Waals surface area contributed by atoms with Gasteiger partial charge >= 0.3 is 6.18 Å². The standard InChI is InChI=1S/C13H11F3N2OS2/c14-13(15,16)10-4-3-9(11(17)20)12(18-10)19-6-5-8-2-1-7-21-8/h1-4,7H,5-6H2,(H2,17,20). The Balaban J connectivity index is 2.16. The van der Waals surface area contributed by atoms with Crippen molar-refractivity contribution < 1.29 is 17.9 Å². The van der Waals surface area contributed by atoms with Gasteiger partial charge in [-0.3, -0.25) is 0 Å². The third-order valence-corrected chi connectivity index (χ3v) is 3.74. The number of halogens is 3. The van der Waals surface area contributed by atoms with Crippen molar-refractivity contribution in [2.24, 2.45) is 5.73 Å². The molecule has 0 bridgehead atoms. The van der Waals surface area contributed by atoms with Crippen LogP contribution in [0.5, 0.6) is 5.88 Å². The van der Waals surface area contributed by atoms with E-state index < -0.39 is 11.9 Å². The molecule has 2 heterocycles. The van der Waals surface area contributed by atoms with Crippen LogP contribution in [0.15, 0.2) is 29.6 Å². The predicted molar refractivity (Wildman–Crippen MR) is 78.6 cm³/mol. The van der Waals surface area contributed by atoms with E-state index in [-0.39, 0.29) is 23.0 Å². The Morgan fingerprint density at radius 2 is 2.10 bits per heavy atom. The molecule has 0 saturated carbocycles. The predicted octanol–water partition coefficient (Wildman–Crippen LogP) is 3.42. The van der Waals surface area contributed by atoms with Gasteiger partial charge in [-0.1, -0.05) is 18.3 Å². The molecule has 0 aliphatic carbocycles. The van der Waals surface area contributed by atoms with Crippen LogP contribution in [0.4, 0.5) is 13.2 Å². The van der Waals surface area contributed by atoms with Crippen LogP contribution in [-0.2, 0) is 12.6 Å². The summed E-state index contributed by atoms with van der Waals surface area (Å²) in [7, 11) is 0. The first-order chi connectivity index (χ1) is 9.88. The van der Waals surface area contributed by atoms with Gasteiger partial charge in [-0.25, -0.2) is 4.98 Å². The number of ether oxygens (including phenoxy) is 1. The SMILES string of the molecule is NC(=S)c1ccc(C(F)(F)F)nc1OCCc1cccs1. The average Bonchev–Trinajstić information content (AvgIpc) is 2.90. The molecule has 112 valence electrons. The van der Waals surface area contributed by atoms with Crippen LogP contribution in [0.1, 0.15) is 16.1 Å². The van der Waals surface area contributed by atoms with Gasteiger partial charge in [-0.05, 0) is 23.6 Å². The van der Waals surface area contributed by atoms with Gasteiger partial charge in [-0.15, -0.1) is 11.3 Å². The Labute approximate surface area is 128 Å². The third-order valence-electron chi connectivity index (χ3n) is 2.58. The van der Waals surface area contributed by atoms with Crippen LogP contribution in [0, 0.1) is 0 Å². The minimum absolute atomic E-state index is 0.0534. The molecule has 0 aliphatic rings. The van der Waals surface area contributed by atoms with Crippen LogP contribution in [0.25, 0.3) is 0 Å². The molecule has 3 nitrogen and oxygen atoms in total. The molecule has 0 aromatic carbocycles. The zero-order chi connectivity index (χ0) is 15.5. The molecule has 0 aliphatic heterocycles. The largest absolute Gasteiger partial charge is 0.477 e. The number of rotatable bonds is 5. The highest BCUT2D eigenvalue weighted by molar-refractivity contribution is 7.80. The van der Waals surface area contributed by atoms with Gasteiger partial charge in [0.15, 0.2) is 0 Å². The van der Waals surface area contributed by atoms with Gasteiger partial charge in [0.2, 0.25) is 5.88 Å². The average molecular weight is 332 g/mol. The number of nitrogens with two attached hydrogens (primary N) is 1. The first-order valence-corrected chi connectivity index (χ1v) is 7.20. The summed E-state index contributed by atoms with van der Waals surface area (Å²) in [6.07, 6.45) is -3.97. The van der Waals surface area contributed by atoms with Crippen molar-refractivity contribution in [3.63, 3.8) is 0 Å². The Morgan fingerprint density at radius 3 is 2.67 bits per heavy atom. The molecule has 0 amide bonds. The van der Waals surface area contributed by atoms with E-state index in [1.807, 2.05) is 17.5 Å². The van der Waals surface area contributed by atoms with E-state index in [0.29, 0.717) is 6.42 Å². The summed E-state index contributed by atoms with van der Waals surface area (Å²) >= 11 is 6.34. The van der Waals surface area contributed by atoms with Crippen molar-refractivity contribution in [3.05, 3.63) is 45.8 Å². The van der Waals surface area contributed by atoms with Crippen molar-refractivity contribution in [2.45, 2.75) is 12.6 Å². The van der Waals surface area contributed by atoms with Crippen molar-refractivity contribution >= 4 is 28.5 Å². The second-order valence-electron chi connectivity index (χ2n) is 4.09. The van der Waals surface area contributed by atoms with Crippen molar-refractivity contribution in [3.8, 4) is 5.88 Å². The molecule has 8 heteroatoms. The molecule has 0 atom stereocenters. The second-order valence-corrected chi connectivity index (χ2v) is 5.56. The highest BCUT2D eigenvalue weighted by Gasteiger charge is 2.33. The zero-order valence-corrected chi connectivity index (χ0v) is 12.3. The lowest BCUT2D eigenvalue weighted by atomic mass is 10.2. The smallest absolute Gasteiger partial charge is 0.433 e. The summed E-state index contributed by atoms with van der Waals surface area (Å²) in [5.41, 5.74) is 4.64. The molecule has 0 saturated heterocycles. The quantitative estimate of drug-likeness (QED) is 0.853. The van der Waals surface area contributed by atoms with E-state index in [1.165, 1.54) is 6.07 Å². The first kappa shape index (κ1) is 15.7. The number of alkyl halides is 3. The van der Waals surface area contributed by atoms with Gasteiger partial charge in [-0.2, -0.15) is 13.2 Å². The minimum Gasteiger partial charge on any atom is -0.477 e. The van der Waals surface area contributed by atoms with E-state index in [9.17, 15) is 13.2 Å². The van der Waals surface area contributed by atoms with Gasteiger partial charge in [0.25, 0.3) is 0 Å².